The van der Waals surface area contributed by atoms with Crippen LogP contribution in [0.3, 0.4) is 0 Å². The van der Waals surface area contributed by atoms with Gasteiger partial charge < -0.3 is 5.32 Å². The molecule has 0 atom stereocenters. The third kappa shape index (κ3) is 3.75. The predicted octanol–water partition coefficient (Wildman–Crippen LogP) is 6.03. The van der Waals surface area contributed by atoms with Crippen LogP contribution in [-0.2, 0) is 0 Å². The largest absolute Gasteiger partial charge is 0.321 e. The molecule has 0 bridgehead atoms. The first-order valence-corrected chi connectivity index (χ1v) is 8.44. The van der Waals surface area contributed by atoms with Gasteiger partial charge in [0.25, 0.3) is 5.91 Å². The van der Waals surface area contributed by atoms with Crippen molar-refractivity contribution in [1.29, 1.82) is 0 Å². The number of thiophene rings is 1. The van der Waals surface area contributed by atoms with Crippen LogP contribution < -0.4 is 5.32 Å². The van der Waals surface area contributed by atoms with E-state index in [0.717, 1.165) is 28.2 Å². The van der Waals surface area contributed by atoms with Crippen molar-refractivity contribution >= 4 is 34.3 Å². The van der Waals surface area contributed by atoms with Gasteiger partial charge in [0.2, 0.25) is 0 Å². The van der Waals surface area contributed by atoms with Gasteiger partial charge in [0.1, 0.15) is 0 Å². The quantitative estimate of drug-likeness (QED) is 0.581. The Morgan fingerprint density at radius 3 is 2.50 bits per heavy atom. The summed E-state index contributed by atoms with van der Waals surface area (Å²) in [5.41, 5.74) is 4.41. The zero-order chi connectivity index (χ0) is 16.9. The maximum atomic E-state index is 12.1. The van der Waals surface area contributed by atoms with E-state index in [9.17, 15) is 4.79 Å². The Balaban J connectivity index is 1.75. The van der Waals surface area contributed by atoms with Crippen molar-refractivity contribution in [2.45, 2.75) is 13.8 Å². The van der Waals surface area contributed by atoms with Crippen LogP contribution in [0.15, 0.2) is 70.2 Å². The molecule has 4 nitrogen and oxygen atoms in total. The highest BCUT2D eigenvalue weighted by atomic mass is 32.1. The van der Waals surface area contributed by atoms with Gasteiger partial charge in [0.15, 0.2) is 0 Å². The van der Waals surface area contributed by atoms with Crippen LogP contribution in [0, 0.1) is 13.8 Å². The number of carbonyl (C=O) groups excluding carboxylic acids is 1. The molecule has 3 rings (SSSR count). The molecule has 1 aromatic heterocycles. The molecule has 0 radical (unpaired) electrons. The number of benzene rings is 2. The summed E-state index contributed by atoms with van der Waals surface area (Å²) in [5, 5.41) is 13.4. The second-order valence-corrected chi connectivity index (χ2v) is 6.36. The van der Waals surface area contributed by atoms with Crippen LogP contribution in [0.2, 0.25) is 0 Å². The van der Waals surface area contributed by atoms with Gasteiger partial charge in [-0.2, -0.15) is 10.2 Å². The minimum Gasteiger partial charge on any atom is -0.321 e. The van der Waals surface area contributed by atoms with Gasteiger partial charge in [0.05, 0.1) is 16.3 Å². The second-order valence-electron chi connectivity index (χ2n) is 5.42. The Hall–Kier alpha value is -2.79. The normalized spacial score (nSPS) is 10.9. The van der Waals surface area contributed by atoms with Gasteiger partial charge in [-0.25, -0.2) is 0 Å². The fourth-order valence-corrected chi connectivity index (χ4v) is 2.85. The smallest absolute Gasteiger partial charge is 0.265 e. The molecule has 1 amide bonds. The number of azo groups is 1. The summed E-state index contributed by atoms with van der Waals surface area (Å²) in [6.07, 6.45) is 0. The van der Waals surface area contributed by atoms with Gasteiger partial charge in [-0.05, 0) is 60.7 Å². The first-order chi connectivity index (χ1) is 11.6. The number of carbonyl (C=O) groups is 1. The van der Waals surface area contributed by atoms with Crippen molar-refractivity contribution < 1.29 is 4.79 Å². The summed E-state index contributed by atoms with van der Waals surface area (Å²) in [7, 11) is 0. The Morgan fingerprint density at radius 1 is 0.958 bits per heavy atom. The molecule has 5 heteroatoms. The van der Waals surface area contributed by atoms with E-state index in [4.69, 9.17) is 0 Å². The number of amides is 1. The minimum atomic E-state index is -0.0950. The number of hydrogen-bond donors (Lipinski definition) is 1. The second kappa shape index (κ2) is 7.19. The van der Waals surface area contributed by atoms with E-state index in [2.05, 4.69) is 15.5 Å². The van der Waals surface area contributed by atoms with E-state index >= 15 is 0 Å². The number of aryl methyl sites for hydroxylation is 2. The molecule has 120 valence electrons. The van der Waals surface area contributed by atoms with E-state index in [0.29, 0.717) is 4.88 Å². The highest BCUT2D eigenvalue weighted by Crippen LogP contribution is 2.25. The molecule has 0 aliphatic rings. The lowest BCUT2D eigenvalue weighted by molar-refractivity contribution is 0.103. The molecule has 0 saturated carbocycles. The maximum absolute atomic E-state index is 12.1. The van der Waals surface area contributed by atoms with E-state index in [1.165, 1.54) is 11.3 Å². The summed E-state index contributed by atoms with van der Waals surface area (Å²) >= 11 is 1.42. The van der Waals surface area contributed by atoms with Crippen molar-refractivity contribution in [3.63, 3.8) is 0 Å². The molecular formula is C19H17N3OS. The zero-order valence-corrected chi connectivity index (χ0v) is 14.3. The van der Waals surface area contributed by atoms with E-state index in [-0.39, 0.29) is 5.91 Å². The summed E-state index contributed by atoms with van der Waals surface area (Å²) in [5.74, 6) is -0.0950. The standard InChI is InChI=1S/C19H17N3OS/c1-13-6-3-4-7-17(13)22-21-15-9-10-16(14(2)12-15)20-19(23)18-8-5-11-24-18/h3-12H,1-2H3,(H,20,23). The van der Waals surface area contributed by atoms with Gasteiger partial charge in [-0.3, -0.25) is 4.79 Å². The van der Waals surface area contributed by atoms with Crippen LogP contribution in [0.5, 0.6) is 0 Å². The fraction of sp³-hybridized carbons (Fsp3) is 0.105. The zero-order valence-electron chi connectivity index (χ0n) is 13.5. The maximum Gasteiger partial charge on any atom is 0.265 e. The highest BCUT2D eigenvalue weighted by Gasteiger charge is 2.08. The molecule has 0 aliphatic carbocycles. The van der Waals surface area contributed by atoms with Crippen molar-refractivity contribution in [2.24, 2.45) is 10.2 Å². The Labute approximate surface area is 144 Å². The number of nitrogens with one attached hydrogen (secondary N) is 1. The SMILES string of the molecule is Cc1ccccc1N=Nc1ccc(NC(=O)c2cccs2)c(C)c1. The van der Waals surface area contributed by atoms with E-state index < -0.39 is 0 Å². The lowest BCUT2D eigenvalue weighted by Gasteiger charge is -2.07. The number of hydrogen-bond acceptors (Lipinski definition) is 4. The summed E-state index contributed by atoms with van der Waals surface area (Å²) in [4.78, 5) is 12.8. The molecule has 1 heterocycles. The summed E-state index contributed by atoms with van der Waals surface area (Å²) in [6.45, 7) is 3.94. The molecular weight excluding hydrogens is 318 g/mol. The third-order valence-electron chi connectivity index (χ3n) is 3.59. The average molecular weight is 335 g/mol. The van der Waals surface area contributed by atoms with Crippen LogP contribution in [0.1, 0.15) is 20.8 Å². The van der Waals surface area contributed by atoms with Crippen molar-refractivity contribution in [1.82, 2.24) is 0 Å². The van der Waals surface area contributed by atoms with Gasteiger partial charge >= 0.3 is 0 Å². The number of nitrogens with zero attached hydrogens (tertiary/aromatic N) is 2. The van der Waals surface area contributed by atoms with Crippen LogP contribution in [0.4, 0.5) is 17.1 Å². The number of anilines is 1. The lowest BCUT2D eigenvalue weighted by Crippen LogP contribution is -2.10. The van der Waals surface area contributed by atoms with Crippen molar-refractivity contribution in [3.05, 3.63) is 76.0 Å². The van der Waals surface area contributed by atoms with Gasteiger partial charge in [-0.15, -0.1) is 11.3 Å². The molecule has 0 spiro atoms. The van der Waals surface area contributed by atoms with Gasteiger partial charge in [-0.1, -0.05) is 24.3 Å². The van der Waals surface area contributed by atoms with Crippen molar-refractivity contribution in [2.75, 3.05) is 5.32 Å². The molecule has 0 fully saturated rings. The Morgan fingerprint density at radius 2 is 1.79 bits per heavy atom. The van der Waals surface area contributed by atoms with E-state index in [1.54, 1.807) is 6.07 Å². The minimum absolute atomic E-state index is 0.0950. The predicted molar refractivity (Wildman–Crippen MR) is 98.8 cm³/mol. The molecule has 0 unspecified atom stereocenters. The lowest BCUT2D eigenvalue weighted by atomic mass is 10.2. The average Bonchev–Trinajstić information content (AvgIpc) is 3.11. The summed E-state index contributed by atoms with van der Waals surface area (Å²) in [6, 6.07) is 17.1. The fourth-order valence-electron chi connectivity index (χ4n) is 2.23. The third-order valence-corrected chi connectivity index (χ3v) is 4.46. The molecule has 24 heavy (non-hydrogen) atoms. The molecule has 1 N–H and O–H groups in total. The molecule has 3 aromatic rings. The first-order valence-electron chi connectivity index (χ1n) is 7.56. The van der Waals surface area contributed by atoms with Crippen LogP contribution >= 0.6 is 11.3 Å². The first kappa shape index (κ1) is 16.1. The topological polar surface area (TPSA) is 53.8 Å². The Bertz CT molecular complexity index is 885. The molecule has 2 aromatic carbocycles. The van der Waals surface area contributed by atoms with Crippen molar-refractivity contribution in [3.8, 4) is 0 Å². The Kier molecular flexibility index (Phi) is 4.82. The number of rotatable bonds is 4. The molecule has 0 saturated heterocycles. The van der Waals surface area contributed by atoms with Crippen LogP contribution in [0.25, 0.3) is 0 Å². The van der Waals surface area contributed by atoms with Crippen LogP contribution in [-0.4, -0.2) is 5.91 Å². The van der Waals surface area contributed by atoms with E-state index in [1.807, 2.05) is 67.8 Å². The van der Waals surface area contributed by atoms with Gasteiger partial charge in [0, 0.05) is 5.69 Å². The molecule has 0 aliphatic heterocycles. The monoisotopic (exact) mass is 335 g/mol. The highest BCUT2D eigenvalue weighted by molar-refractivity contribution is 7.12. The summed E-state index contributed by atoms with van der Waals surface area (Å²) < 4.78 is 0.